The van der Waals surface area contributed by atoms with E-state index in [0.717, 1.165) is 5.56 Å². The van der Waals surface area contributed by atoms with E-state index in [1.54, 1.807) is 24.3 Å². The van der Waals surface area contributed by atoms with Crippen LogP contribution in [0.1, 0.15) is 10.5 Å². The third-order valence-corrected chi connectivity index (χ3v) is 5.59. The molecule has 9 heteroatoms. The van der Waals surface area contributed by atoms with Gasteiger partial charge in [0.15, 0.2) is 0 Å². The molecule has 4 aromatic rings. The zero-order chi connectivity index (χ0) is 21.0. The van der Waals surface area contributed by atoms with Crippen molar-refractivity contribution in [2.75, 3.05) is 10.0 Å². The number of carbonyl (C=O) groups is 1. The van der Waals surface area contributed by atoms with Crippen molar-refractivity contribution in [3.8, 4) is 11.3 Å². The number of hydrogen-bond donors (Lipinski definition) is 3. The van der Waals surface area contributed by atoms with Crippen LogP contribution in [0.15, 0.2) is 90.0 Å². The van der Waals surface area contributed by atoms with Crippen molar-refractivity contribution in [2.24, 2.45) is 0 Å². The number of nitrogens with one attached hydrogen (secondary N) is 3. The van der Waals surface area contributed by atoms with Crippen molar-refractivity contribution < 1.29 is 13.2 Å². The van der Waals surface area contributed by atoms with Crippen LogP contribution in [0.5, 0.6) is 0 Å². The molecule has 150 valence electrons. The van der Waals surface area contributed by atoms with E-state index in [2.05, 4.69) is 25.2 Å². The minimum Gasteiger partial charge on any atom is -0.321 e. The first kappa shape index (κ1) is 19.3. The molecular weight excluding hydrogens is 402 g/mol. The lowest BCUT2D eigenvalue weighted by atomic mass is 10.1. The fourth-order valence-corrected chi connectivity index (χ4v) is 3.74. The van der Waals surface area contributed by atoms with Gasteiger partial charge in [-0.3, -0.25) is 14.6 Å². The number of H-pyrrole nitrogens is 1. The van der Waals surface area contributed by atoms with E-state index in [1.165, 1.54) is 30.5 Å². The van der Waals surface area contributed by atoms with E-state index in [1.807, 2.05) is 30.3 Å². The first-order valence-electron chi connectivity index (χ1n) is 8.97. The van der Waals surface area contributed by atoms with Crippen molar-refractivity contribution in [1.29, 1.82) is 0 Å². The van der Waals surface area contributed by atoms with Crippen LogP contribution < -0.4 is 10.0 Å². The fraction of sp³-hybridized carbons (Fsp3) is 0. The Kier molecular flexibility index (Phi) is 5.27. The summed E-state index contributed by atoms with van der Waals surface area (Å²) in [7, 11) is -3.78. The number of amides is 1. The number of benzene rings is 2. The van der Waals surface area contributed by atoms with Gasteiger partial charge in [-0.15, -0.1) is 0 Å². The smallest absolute Gasteiger partial charge is 0.273 e. The van der Waals surface area contributed by atoms with E-state index in [9.17, 15) is 13.2 Å². The van der Waals surface area contributed by atoms with Crippen LogP contribution >= 0.6 is 0 Å². The SMILES string of the molecule is O=C(Nc1ccc(S(=O)(=O)Nc2ccccn2)cc1)c1cc(-c2ccccc2)n[nH]1. The average Bonchev–Trinajstić information content (AvgIpc) is 3.26. The second-order valence-corrected chi connectivity index (χ2v) is 8.01. The molecule has 0 unspecified atom stereocenters. The summed E-state index contributed by atoms with van der Waals surface area (Å²) in [5.74, 6) is -0.157. The largest absolute Gasteiger partial charge is 0.321 e. The highest BCUT2D eigenvalue weighted by molar-refractivity contribution is 7.92. The van der Waals surface area contributed by atoms with E-state index in [4.69, 9.17) is 0 Å². The monoisotopic (exact) mass is 419 g/mol. The van der Waals surface area contributed by atoms with Gasteiger partial charge < -0.3 is 5.32 Å². The van der Waals surface area contributed by atoms with E-state index in [0.29, 0.717) is 17.1 Å². The summed E-state index contributed by atoms with van der Waals surface area (Å²) in [6, 6.07) is 21.9. The summed E-state index contributed by atoms with van der Waals surface area (Å²) in [6.45, 7) is 0. The van der Waals surface area contributed by atoms with Crippen LogP contribution in [0.4, 0.5) is 11.5 Å². The molecule has 30 heavy (non-hydrogen) atoms. The van der Waals surface area contributed by atoms with Gasteiger partial charge in [0.05, 0.1) is 10.6 Å². The highest BCUT2D eigenvalue weighted by Crippen LogP contribution is 2.19. The first-order valence-corrected chi connectivity index (χ1v) is 10.5. The molecule has 0 atom stereocenters. The average molecular weight is 419 g/mol. The molecule has 0 saturated heterocycles. The minimum absolute atomic E-state index is 0.0547. The molecule has 0 fully saturated rings. The lowest BCUT2D eigenvalue weighted by Crippen LogP contribution is -2.15. The second kappa shape index (κ2) is 8.18. The van der Waals surface area contributed by atoms with Gasteiger partial charge in [-0.2, -0.15) is 5.10 Å². The summed E-state index contributed by atoms with van der Waals surface area (Å²) in [6.07, 6.45) is 1.50. The molecular formula is C21H17N5O3S. The quantitative estimate of drug-likeness (QED) is 0.442. The van der Waals surface area contributed by atoms with Gasteiger partial charge in [0.1, 0.15) is 11.5 Å². The number of rotatable bonds is 6. The molecule has 2 heterocycles. The van der Waals surface area contributed by atoms with Gasteiger partial charge in [0.25, 0.3) is 15.9 Å². The van der Waals surface area contributed by atoms with E-state index >= 15 is 0 Å². The molecule has 0 spiro atoms. The summed E-state index contributed by atoms with van der Waals surface area (Å²) in [4.78, 5) is 16.5. The summed E-state index contributed by atoms with van der Waals surface area (Å²) in [5, 5.41) is 9.58. The lowest BCUT2D eigenvalue weighted by molar-refractivity contribution is 0.102. The maximum Gasteiger partial charge on any atom is 0.273 e. The standard InChI is InChI=1S/C21H17N5O3S/c27-21(19-14-18(24-25-19)15-6-2-1-3-7-15)23-16-9-11-17(12-10-16)30(28,29)26-20-8-4-5-13-22-20/h1-14H,(H,22,26)(H,23,27)(H,24,25). The van der Waals surface area contributed by atoms with Crippen molar-refractivity contribution >= 4 is 27.4 Å². The van der Waals surface area contributed by atoms with Crippen LogP contribution in [-0.2, 0) is 10.0 Å². The Balaban J connectivity index is 1.45. The Morgan fingerprint density at radius 2 is 1.63 bits per heavy atom. The Morgan fingerprint density at radius 1 is 0.900 bits per heavy atom. The topological polar surface area (TPSA) is 117 Å². The molecule has 0 aliphatic carbocycles. The molecule has 0 aliphatic heterocycles. The predicted molar refractivity (Wildman–Crippen MR) is 113 cm³/mol. The maximum atomic E-state index is 12.5. The molecule has 0 bridgehead atoms. The molecule has 4 rings (SSSR count). The van der Waals surface area contributed by atoms with Crippen LogP contribution in [0, 0.1) is 0 Å². The third kappa shape index (κ3) is 4.36. The summed E-state index contributed by atoms with van der Waals surface area (Å²) < 4.78 is 27.3. The Bertz CT molecular complexity index is 1260. The molecule has 2 aromatic carbocycles. The second-order valence-electron chi connectivity index (χ2n) is 6.33. The molecule has 1 amide bonds. The van der Waals surface area contributed by atoms with Crippen molar-refractivity contribution in [2.45, 2.75) is 4.90 Å². The van der Waals surface area contributed by atoms with Crippen molar-refractivity contribution in [1.82, 2.24) is 15.2 Å². The lowest BCUT2D eigenvalue weighted by Gasteiger charge is -2.08. The molecule has 2 aromatic heterocycles. The van der Waals surface area contributed by atoms with Gasteiger partial charge >= 0.3 is 0 Å². The molecule has 3 N–H and O–H groups in total. The van der Waals surface area contributed by atoms with Crippen LogP contribution in [0.25, 0.3) is 11.3 Å². The number of anilines is 2. The number of aromatic nitrogens is 3. The third-order valence-electron chi connectivity index (χ3n) is 4.22. The van der Waals surface area contributed by atoms with Gasteiger partial charge in [-0.25, -0.2) is 13.4 Å². The Morgan fingerprint density at radius 3 is 2.33 bits per heavy atom. The molecule has 0 aliphatic rings. The van der Waals surface area contributed by atoms with Crippen LogP contribution in [-0.4, -0.2) is 29.5 Å². The number of nitrogens with zero attached hydrogens (tertiary/aromatic N) is 2. The summed E-state index contributed by atoms with van der Waals surface area (Å²) in [5.41, 5.74) is 2.29. The van der Waals surface area contributed by atoms with E-state index < -0.39 is 10.0 Å². The molecule has 0 saturated carbocycles. The van der Waals surface area contributed by atoms with Crippen LogP contribution in [0.2, 0.25) is 0 Å². The summed E-state index contributed by atoms with van der Waals surface area (Å²) >= 11 is 0. The normalized spacial score (nSPS) is 11.1. The Hall–Kier alpha value is -3.98. The molecule has 0 radical (unpaired) electrons. The van der Waals surface area contributed by atoms with Gasteiger partial charge in [-0.05, 0) is 42.5 Å². The highest BCUT2D eigenvalue weighted by atomic mass is 32.2. The number of carbonyl (C=O) groups excluding carboxylic acids is 1. The van der Waals surface area contributed by atoms with Crippen LogP contribution in [0.3, 0.4) is 0 Å². The number of hydrogen-bond acceptors (Lipinski definition) is 5. The first-order chi connectivity index (χ1) is 14.5. The van der Waals surface area contributed by atoms with Gasteiger partial charge in [-0.1, -0.05) is 36.4 Å². The van der Waals surface area contributed by atoms with Crippen molar-refractivity contribution in [3.63, 3.8) is 0 Å². The predicted octanol–water partition coefficient (Wildman–Crippen LogP) is 3.52. The zero-order valence-electron chi connectivity index (χ0n) is 15.6. The van der Waals surface area contributed by atoms with Gasteiger partial charge in [0, 0.05) is 17.4 Å². The maximum absolute atomic E-state index is 12.5. The minimum atomic E-state index is -3.78. The highest BCUT2D eigenvalue weighted by Gasteiger charge is 2.16. The van der Waals surface area contributed by atoms with E-state index in [-0.39, 0.29) is 16.6 Å². The van der Waals surface area contributed by atoms with Crippen molar-refractivity contribution in [3.05, 3.63) is 90.8 Å². The number of sulfonamides is 1. The van der Waals surface area contributed by atoms with Gasteiger partial charge in [0.2, 0.25) is 0 Å². The zero-order valence-corrected chi connectivity index (χ0v) is 16.4. The molecule has 8 nitrogen and oxygen atoms in total. The Labute approximate surface area is 173 Å². The fourth-order valence-electron chi connectivity index (χ4n) is 2.73. The number of pyridine rings is 1. The number of aromatic amines is 1.